The van der Waals surface area contributed by atoms with E-state index in [1.165, 1.54) is 0 Å². The fraction of sp³-hybridized carbons (Fsp3) is 0.917. The van der Waals surface area contributed by atoms with Crippen molar-refractivity contribution in [2.24, 2.45) is 17.2 Å². The highest BCUT2D eigenvalue weighted by Crippen LogP contribution is 2.26. The summed E-state index contributed by atoms with van der Waals surface area (Å²) in [5, 5.41) is 39.3. The lowest BCUT2D eigenvalue weighted by atomic mass is 9.84. The van der Waals surface area contributed by atoms with E-state index < -0.39 is 61.0 Å². The van der Waals surface area contributed by atoms with Crippen molar-refractivity contribution in [2.75, 3.05) is 0 Å². The Hall–Kier alpha value is -0.690. The van der Waals surface area contributed by atoms with E-state index in [4.69, 9.17) is 26.7 Å². The lowest BCUT2D eigenvalue weighted by molar-refractivity contribution is -0.282. The maximum absolute atomic E-state index is 10.9. The molecule has 2 fully saturated rings. The molecule has 0 spiro atoms. The number of aliphatic hydroxyl groups excluding tert-OH is 4. The average molecular weight is 321 g/mol. The summed E-state index contributed by atoms with van der Waals surface area (Å²) >= 11 is 0. The van der Waals surface area contributed by atoms with Crippen molar-refractivity contribution in [3.05, 3.63) is 0 Å². The van der Waals surface area contributed by atoms with Gasteiger partial charge in [0.25, 0.3) is 0 Å². The monoisotopic (exact) mass is 321 g/mol. The molecule has 0 aromatic rings. The number of carbonyl (C=O) groups is 1. The topological polar surface area (TPSA) is 195 Å². The minimum atomic E-state index is -1.48. The predicted molar refractivity (Wildman–Crippen MR) is 72.2 cm³/mol. The molecule has 0 amide bonds. The zero-order valence-corrected chi connectivity index (χ0v) is 11.8. The van der Waals surface area contributed by atoms with Gasteiger partial charge in [-0.2, -0.15) is 0 Å². The SMILES string of the molecule is N[C@H]1[C@@H](O[C@H]2[C@H](O)[C@@H](O)[C@H](N)C[C@@H]2N)O[C@H](C=O)[C@@H](O)[C@@H]1O. The van der Waals surface area contributed by atoms with Gasteiger partial charge in [0.2, 0.25) is 0 Å². The highest BCUT2D eigenvalue weighted by atomic mass is 16.7. The van der Waals surface area contributed by atoms with Crippen LogP contribution < -0.4 is 17.2 Å². The standard InChI is InChI=1S/C12H23N3O7/c13-3-1-4(14)11(10(20)7(3)17)22-12-6(15)9(19)8(18)5(2-16)21-12/h2-12,17-20H,1,13-15H2/t3-,4+,5-,6-,7+,8-,9-,10-,11-,12-/m1/s1. The fourth-order valence-corrected chi connectivity index (χ4v) is 2.77. The number of aliphatic hydroxyl groups is 4. The molecule has 0 aromatic carbocycles. The summed E-state index contributed by atoms with van der Waals surface area (Å²) in [6.07, 6.45) is -8.64. The Kier molecular flexibility index (Phi) is 5.48. The van der Waals surface area contributed by atoms with Gasteiger partial charge in [0.05, 0.1) is 12.1 Å². The van der Waals surface area contributed by atoms with Crippen molar-refractivity contribution in [2.45, 2.75) is 67.5 Å². The van der Waals surface area contributed by atoms with E-state index in [1.54, 1.807) is 0 Å². The summed E-state index contributed by atoms with van der Waals surface area (Å²) in [4.78, 5) is 10.9. The molecule has 1 saturated carbocycles. The van der Waals surface area contributed by atoms with Crippen LogP contribution in [0.1, 0.15) is 6.42 Å². The molecule has 1 aliphatic heterocycles. The summed E-state index contributed by atoms with van der Waals surface area (Å²) < 4.78 is 10.7. The summed E-state index contributed by atoms with van der Waals surface area (Å²) in [6.45, 7) is 0. The Morgan fingerprint density at radius 1 is 0.955 bits per heavy atom. The van der Waals surface area contributed by atoms with Crippen LogP contribution >= 0.6 is 0 Å². The minimum absolute atomic E-state index is 0.202. The van der Waals surface area contributed by atoms with Crippen LogP contribution in [0.25, 0.3) is 0 Å². The Balaban J connectivity index is 2.09. The first-order valence-corrected chi connectivity index (χ1v) is 7.03. The third-order valence-corrected chi connectivity index (χ3v) is 4.20. The van der Waals surface area contributed by atoms with Gasteiger partial charge in [0, 0.05) is 12.1 Å². The summed E-state index contributed by atoms with van der Waals surface area (Å²) in [5.74, 6) is 0. The van der Waals surface area contributed by atoms with Gasteiger partial charge < -0.3 is 51.9 Å². The normalized spacial score (nSPS) is 53.2. The van der Waals surface area contributed by atoms with Crippen LogP contribution in [-0.2, 0) is 14.3 Å². The molecule has 0 radical (unpaired) electrons. The smallest absolute Gasteiger partial charge is 0.176 e. The van der Waals surface area contributed by atoms with Gasteiger partial charge in [0.15, 0.2) is 12.6 Å². The van der Waals surface area contributed by atoms with Gasteiger partial charge in [-0.3, -0.25) is 0 Å². The third-order valence-electron chi connectivity index (χ3n) is 4.20. The predicted octanol–water partition coefficient (Wildman–Crippen LogP) is -4.88. The first-order valence-electron chi connectivity index (χ1n) is 7.03. The number of nitrogens with two attached hydrogens (primary N) is 3. The van der Waals surface area contributed by atoms with Crippen LogP contribution in [0.5, 0.6) is 0 Å². The lowest BCUT2D eigenvalue weighted by Gasteiger charge is -2.45. The van der Waals surface area contributed by atoms with E-state index in [1.807, 2.05) is 0 Å². The van der Waals surface area contributed by atoms with Crippen molar-refractivity contribution in [3.63, 3.8) is 0 Å². The van der Waals surface area contributed by atoms with Crippen LogP contribution in [-0.4, -0.2) is 87.8 Å². The molecule has 0 aromatic heterocycles. The van der Waals surface area contributed by atoms with Gasteiger partial charge in [-0.15, -0.1) is 0 Å². The quantitative estimate of drug-likeness (QED) is 0.248. The third kappa shape index (κ3) is 3.15. The second-order valence-electron chi connectivity index (χ2n) is 5.81. The van der Waals surface area contributed by atoms with Crippen molar-refractivity contribution in [1.82, 2.24) is 0 Å². The van der Waals surface area contributed by atoms with Crippen LogP contribution in [0.4, 0.5) is 0 Å². The largest absolute Gasteiger partial charge is 0.389 e. The number of ether oxygens (including phenoxy) is 2. The second-order valence-corrected chi connectivity index (χ2v) is 5.81. The Morgan fingerprint density at radius 2 is 1.59 bits per heavy atom. The Bertz CT molecular complexity index is 401. The fourth-order valence-electron chi connectivity index (χ4n) is 2.77. The van der Waals surface area contributed by atoms with Crippen molar-refractivity contribution >= 4 is 6.29 Å². The number of hydrogen-bond acceptors (Lipinski definition) is 10. The van der Waals surface area contributed by atoms with E-state index in [9.17, 15) is 25.2 Å². The van der Waals surface area contributed by atoms with Crippen molar-refractivity contribution in [3.8, 4) is 0 Å². The molecule has 2 aliphatic rings. The van der Waals surface area contributed by atoms with Crippen LogP contribution in [0.15, 0.2) is 0 Å². The second kappa shape index (κ2) is 6.83. The van der Waals surface area contributed by atoms with E-state index >= 15 is 0 Å². The maximum Gasteiger partial charge on any atom is 0.176 e. The molecule has 2 rings (SSSR count). The molecular weight excluding hydrogens is 298 g/mol. The number of carbonyl (C=O) groups excluding carboxylic acids is 1. The zero-order chi connectivity index (χ0) is 16.6. The molecule has 1 aliphatic carbocycles. The summed E-state index contributed by atoms with van der Waals surface area (Å²) in [5.41, 5.74) is 17.2. The number of rotatable bonds is 3. The molecule has 10 nitrogen and oxygen atoms in total. The van der Waals surface area contributed by atoms with Gasteiger partial charge in [-0.25, -0.2) is 0 Å². The Labute approximate surface area is 126 Å². The lowest BCUT2D eigenvalue weighted by Crippen LogP contribution is -2.67. The first-order chi connectivity index (χ1) is 10.3. The zero-order valence-electron chi connectivity index (χ0n) is 11.8. The van der Waals surface area contributed by atoms with Crippen molar-refractivity contribution in [1.29, 1.82) is 0 Å². The van der Waals surface area contributed by atoms with Gasteiger partial charge in [0.1, 0.15) is 30.5 Å². The van der Waals surface area contributed by atoms with Gasteiger partial charge in [-0.05, 0) is 6.42 Å². The van der Waals surface area contributed by atoms with Gasteiger partial charge in [-0.1, -0.05) is 0 Å². The number of hydrogen-bond donors (Lipinski definition) is 7. The molecule has 1 heterocycles. The van der Waals surface area contributed by atoms with E-state index in [2.05, 4.69) is 0 Å². The van der Waals surface area contributed by atoms with E-state index in [0.717, 1.165) is 0 Å². The van der Waals surface area contributed by atoms with E-state index in [0.29, 0.717) is 6.29 Å². The first kappa shape index (κ1) is 17.7. The highest BCUT2D eigenvalue weighted by Gasteiger charge is 2.48. The van der Waals surface area contributed by atoms with Crippen LogP contribution in [0.2, 0.25) is 0 Å². The highest BCUT2D eigenvalue weighted by molar-refractivity contribution is 5.57. The molecule has 0 bridgehead atoms. The van der Waals surface area contributed by atoms with E-state index in [-0.39, 0.29) is 6.42 Å². The molecule has 0 unspecified atom stereocenters. The molecule has 22 heavy (non-hydrogen) atoms. The molecule has 10 heteroatoms. The van der Waals surface area contributed by atoms with Crippen molar-refractivity contribution < 1.29 is 34.7 Å². The summed E-state index contributed by atoms with van der Waals surface area (Å²) in [7, 11) is 0. The molecule has 128 valence electrons. The molecular formula is C12H23N3O7. The van der Waals surface area contributed by atoms with Gasteiger partial charge >= 0.3 is 0 Å². The van der Waals surface area contributed by atoms with Crippen LogP contribution in [0.3, 0.4) is 0 Å². The average Bonchev–Trinajstić information content (AvgIpc) is 2.49. The minimum Gasteiger partial charge on any atom is -0.389 e. The Morgan fingerprint density at radius 3 is 2.18 bits per heavy atom. The molecule has 10 atom stereocenters. The molecule has 10 N–H and O–H groups in total. The van der Waals surface area contributed by atoms with Crippen LogP contribution in [0, 0.1) is 0 Å². The summed E-state index contributed by atoms with van der Waals surface area (Å²) in [6, 6.07) is -2.54. The number of aldehydes is 1. The maximum atomic E-state index is 10.9. The molecule has 1 saturated heterocycles.